The van der Waals surface area contributed by atoms with Gasteiger partial charge in [-0.05, 0) is 18.2 Å². The number of hydrogen-bond acceptors (Lipinski definition) is 6. The van der Waals surface area contributed by atoms with Gasteiger partial charge in [0.05, 0.1) is 25.4 Å². The second-order valence-electron chi connectivity index (χ2n) is 3.97. The smallest absolute Gasteiger partial charge is 0.335 e. The number of carboxylic acids is 1. The summed E-state index contributed by atoms with van der Waals surface area (Å²) >= 11 is 0. The lowest BCUT2D eigenvalue weighted by Gasteiger charge is -2.10. The van der Waals surface area contributed by atoms with Crippen molar-refractivity contribution in [2.24, 2.45) is 0 Å². The lowest BCUT2D eigenvalue weighted by molar-refractivity contribution is 0.0696. The maximum atomic E-state index is 12.2. The number of aromatic carboxylic acids is 1. The summed E-state index contributed by atoms with van der Waals surface area (Å²) in [6.07, 6.45) is 1.39. The molecule has 1 aromatic carbocycles. The average molecular weight is 312 g/mol. The van der Waals surface area contributed by atoms with Crippen molar-refractivity contribution in [3.05, 3.63) is 41.8 Å². The van der Waals surface area contributed by atoms with Gasteiger partial charge in [-0.15, -0.1) is 0 Å². The van der Waals surface area contributed by atoms with Gasteiger partial charge in [0.2, 0.25) is 10.0 Å². The van der Waals surface area contributed by atoms with E-state index in [0.717, 1.165) is 6.07 Å². The van der Waals surface area contributed by atoms with Gasteiger partial charge in [0.1, 0.15) is 10.6 Å². The normalized spacial score (nSPS) is 11.3. The maximum absolute atomic E-state index is 12.2. The highest BCUT2D eigenvalue weighted by Crippen LogP contribution is 2.25. The number of carbonyl (C=O) groups is 1. The van der Waals surface area contributed by atoms with Crippen LogP contribution in [0.2, 0.25) is 0 Å². The molecule has 8 nitrogen and oxygen atoms in total. The monoisotopic (exact) mass is 312 g/mol. The van der Waals surface area contributed by atoms with Gasteiger partial charge in [-0.1, -0.05) is 5.16 Å². The molecule has 21 heavy (non-hydrogen) atoms. The molecule has 0 saturated heterocycles. The third kappa shape index (κ3) is 3.38. The molecule has 0 aliphatic rings. The molecule has 1 heterocycles. The molecule has 0 atom stereocenters. The predicted octanol–water partition coefficient (Wildman–Crippen LogP) is 0.860. The molecule has 9 heteroatoms. The third-order valence-electron chi connectivity index (χ3n) is 2.63. The molecule has 0 aliphatic heterocycles. The summed E-state index contributed by atoms with van der Waals surface area (Å²) in [7, 11) is -2.62. The molecule has 0 amide bonds. The van der Waals surface area contributed by atoms with Crippen molar-refractivity contribution >= 4 is 16.0 Å². The first kappa shape index (κ1) is 15.0. The third-order valence-corrected chi connectivity index (χ3v) is 4.07. The van der Waals surface area contributed by atoms with Crippen molar-refractivity contribution in [3.8, 4) is 5.75 Å². The van der Waals surface area contributed by atoms with Crippen molar-refractivity contribution in [1.29, 1.82) is 0 Å². The van der Waals surface area contributed by atoms with E-state index < -0.39 is 16.0 Å². The molecule has 2 rings (SSSR count). The number of nitrogens with zero attached hydrogens (tertiary/aromatic N) is 1. The Morgan fingerprint density at radius 1 is 1.43 bits per heavy atom. The summed E-state index contributed by atoms with van der Waals surface area (Å²) in [6, 6.07) is 5.03. The zero-order valence-electron chi connectivity index (χ0n) is 10.9. The first-order valence-electron chi connectivity index (χ1n) is 5.74. The van der Waals surface area contributed by atoms with Gasteiger partial charge in [-0.3, -0.25) is 0 Å². The van der Waals surface area contributed by atoms with E-state index in [-0.39, 0.29) is 22.8 Å². The Kier molecular flexibility index (Phi) is 4.24. The van der Waals surface area contributed by atoms with Crippen molar-refractivity contribution < 1.29 is 27.6 Å². The van der Waals surface area contributed by atoms with Gasteiger partial charge in [0.15, 0.2) is 5.76 Å². The molecule has 2 aromatic rings. The molecule has 0 fully saturated rings. The fourth-order valence-electron chi connectivity index (χ4n) is 1.60. The van der Waals surface area contributed by atoms with Gasteiger partial charge >= 0.3 is 5.97 Å². The minimum absolute atomic E-state index is 0.0556. The van der Waals surface area contributed by atoms with Crippen molar-refractivity contribution in [2.45, 2.75) is 11.4 Å². The summed E-state index contributed by atoms with van der Waals surface area (Å²) in [4.78, 5) is 10.7. The van der Waals surface area contributed by atoms with Crippen LogP contribution in [0.1, 0.15) is 16.1 Å². The van der Waals surface area contributed by atoms with E-state index >= 15 is 0 Å². The second-order valence-corrected chi connectivity index (χ2v) is 5.71. The molecular weight excluding hydrogens is 300 g/mol. The number of aromatic nitrogens is 1. The van der Waals surface area contributed by atoms with E-state index in [4.69, 9.17) is 14.4 Å². The molecule has 0 bridgehead atoms. The first-order chi connectivity index (χ1) is 9.94. The number of hydrogen-bond donors (Lipinski definition) is 2. The van der Waals surface area contributed by atoms with Crippen LogP contribution in [0.25, 0.3) is 0 Å². The van der Waals surface area contributed by atoms with Gasteiger partial charge in [0, 0.05) is 6.07 Å². The van der Waals surface area contributed by atoms with Gasteiger partial charge in [0.25, 0.3) is 0 Å². The zero-order valence-corrected chi connectivity index (χ0v) is 11.8. The van der Waals surface area contributed by atoms with E-state index in [0.29, 0.717) is 5.76 Å². The number of sulfonamides is 1. The summed E-state index contributed by atoms with van der Waals surface area (Å²) in [5.74, 6) is -0.883. The zero-order chi connectivity index (χ0) is 15.5. The number of methoxy groups -OCH3 is 1. The first-order valence-corrected chi connectivity index (χ1v) is 7.23. The van der Waals surface area contributed by atoms with Crippen molar-refractivity contribution in [1.82, 2.24) is 9.88 Å². The Labute approximate surface area is 120 Å². The molecule has 0 radical (unpaired) electrons. The van der Waals surface area contributed by atoms with Crippen LogP contribution in [0.15, 0.2) is 39.9 Å². The quantitative estimate of drug-likeness (QED) is 0.811. The average Bonchev–Trinajstić information content (AvgIpc) is 2.97. The number of nitrogens with one attached hydrogen (secondary N) is 1. The van der Waals surface area contributed by atoms with Crippen LogP contribution in [-0.2, 0) is 16.6 Å². The summed E-state index contributed by atoms with van der Waals surface area (Å²) in [5, 5.41) is 12.3. The van der Waals surface area contributed by atoms with Crippen LogP contribution in [0.3, 0.4) is 0 Å². The van der Waals surface area contributed by atoms with Crippen LogP contribution < -0.4 is 9.46 Å². The van der Waals surface area contributed by atoms with E-state index in [1.807, 2.05) is 0 Å². The highest BCUT2D eigenvalue weighted by molar-refractivity contribution is 7.89. The van der Waals surface area contributed by atoms with E-state index in [1.54, 1.807) is 0 Å². The fraction of sp³-hybridized carbons (Fsp3) is 0.167. The van der Waals surface area contributed by atoms with Crippen molar-refractivity contribution in [2.75, 3.05) is 7.11 Å². The number of carboxylic acid groups (broad SMARTS) is 1. The number of ether oxygens (including phenoxy) is 1. The Balaban J connectivity index is 2.28. The largest absolute Gasteiger partial charge is 0.495 e. The molecule has 0 unspecified atom stereocenters. The van der Waals surface area contributed by atoms with E-state index in [9.17, 15) is 13.2 Å². The Hall–Kier alpha value is -2.39. The van der Waals surface area contributed by atoms with Crippen LogP contribution in [0.4, 0.5) is 0 Å². The standard InChI is InChI=1S/C12H12N2O6S/c1-19-10-6-8(12(15)16)2-3-11(10)21(17,18)14-7-9-4-5-13-20-9/h2-6,14H,7H2,1H3,(H,15,16). The highest BCUT2D eigenvalue weighted by Gasteiger charge is 2.21. The van der Waals surface area contributed by atoms with Gasteiger partial charge in [-0.2, -0.15) is 0 Å². The number of benzene rings is 1. The lowest BCUT2D eigenvalue weighted by Crippen LogP contribution is -2.23. The molecule has 0 aliphatic carbocycles. The van der Waals surface area contributed by atoms with Crippen molar-refractivity contribution in [3.63, 3.8) is 0 Å². The minimum atomic E-state index is -3.88. The van der Waals surface area contributed by atoms with Gasteiger partial charge in [-0.25, -0.2) is 17.9 Å². The Morgan fingerprint density at radius 2 is 2.19 bits per heavy atom. The molecular formula is C12H12N2O6S. The van der Waals surface area contributed by atoms with E-state index in [2.05, 4.69) is 9.88 Å². The lowest BCUT2D eigenvalue weighted by atomic mass is 10.2. The summed E-state index contributed by atoms with van der Waals surface area (Å²) in [6.45, 7) is -0.0772. The van der Waals surface area contributed by atoms with Crippen LogP contribution in [0, 0.1) is 0 Å². The maximum Gasteiger partial charge on any atom is 0.335 e. The Morgan fingerprint density at radius 3 is 2.76 bits per heavy atom. The minimum Gasteiger partial charge on any atom is -0.495 e. The Bertz CT molecular complexity index is 739. The molecule has 112 valence electrons. The highest BCUT2D eigenvalue weighted by atomic mass is 32.2. The van der Waals surface area contributed by atoms with Crippen LogP contribution >= 0.6 is 0 Å². The van der Waals surface area contributed by atoms with E-state index in [1.165, 1.54) is 31.5 Å². The molecule has 2 N–H and O–H groups in total. The summed E-state index contributed by atoms with van der Waals surface area (Å²) < 4.78 is 36.4. The molecule has 0 spiro atoms. The van der Waals surface area contributed by atoms with Crippen LogP contribution in [-0.4, -0.2) is 31.8 Å². The fourth-order valence-corrected chi connectivity index (χ4v) is 2.74. The molecule has 0 saturated carbocycles. The topological polar surface area (TPSA) is 119 Å². The second kappa shape index (κ2) is 5.94. The number of rotatable bonds is 6. The summed E-state index contributed by atoms with van der Waals surface area (Å²) in [5.41, 5.74) is -0.0685. The SMILES string of the molecule is COc1cc(C(=O)O)ccc1S(=O)(=O)NCc1ccno1. The van der Waals surface area contributed by atoms with Gasteiger partial charge < -0.3 is 14.4 Å². The van der Waals surface area contributed by atoms with Crippen LogP contribution in [0.5, 0.6) is 5.75 Å². The molecule has 1 aromatic heterocycles. The predicted molar refractivity (Wildman–Crippen MR) is 70.5 cm³/mol.